The van der Waals surface area contributed by atoms with Crippen molar-refractivity contribution < 1.29 is 28.2 Å². The van der Waals surface area contributed by atoms with Crippen molar-refractivity contribution in [3.63, 3.8) is 0 Å². The summed E-state index contributed by atoms with van der Waals surface area (Å²) in [5.74, 6) is -5.75. The first kappa shape index (κ1) is 20.3. The Labute approximate surface area is 173 Å². The van der Waals surface area contributed by atoms with Crippen LogP contribution in [-0.4, -0.2) is 47.7 Å². The molecule has 5 nitrogen and oxygen atoms in total. The van der Waals surface area contributed by atoms with E-state index in [0.717, 1.165) is 22.3 Å². The van der Waals surface area contributed by atoms with Crippen LogP contribution >= 0.6 is 0 Å². The Morgan fingerprint density at radius 2 is 1.63 bits per heavy atom. The number of hydrogen-bond acceptors (Lipinski definition) is 3. The monoisotopic (exact) mass is 415 g/mol. The fraction of sp³-hybridized carbons (Fsp3) is 0.391. The first-order valence-electron chi connectivity index (χ1n) is 10.1. The molecule has 0 radical (unpaired) electrons. The molecule has 0 saturated carbocycles. The standard InChI is InChI=1S/C23H23F2NO4/c24-23(25)10-12-26(11-9-15(23)13-21(27)28)22(29)30-14-20-18-7-3-1-5-16(18)17-6-2-4-8-19(17)20/h1-8,15,20H,9-14H2,(H,27,28). The fourth-order valence-electron chi connectivity index (χ4n) is 4.45. The quantitative estimate of drug-likeness (QED) is 0.782. The number of rotatable bonds is 4. The molecule has 2 aromatic rings. The maximum Gasteiger partial charge on any atom is 0.409 e. The van der Waals surface area contributed by atoms with Crippen molar-refractivity contribution in [3.05, 3.63) is 59.7 Å². The van der Waals surface area contributed by atoms with E-state index in [4.69, 9.17) is 9.84 Å². The third-order valence-corrected chi connectivity index (χ3v) is 6.08. The van der Waals surface area contributed by atoms with Crippen LogP contribution in [0.5, 0.6) is 0 Å². The predicted molar refractivity (Wildman–Crippen MR) is 107 cm³/mol. The highest BCUT2D eigenvalue weighted by Gasteiger charge is 2.43. The number of alkyl halides is 2. The lowest BCUT2D eigenvalue weighted by Crippen LogP contribution is -2.34. The molecule has 1 unspecified atom stereocenters. The number of carboxylic acids is 1. The van der Waals surface area contributed by atoms with Crippen LogP contribution in [-0.2, 0) is 9.53 Å². The summed E-state index contributed by atoms with van der Waals surface area (Å²) >= 11 is 0. The topological polar surface area (TPSA) is 66.8 Å². The molecule has 2 aromatic carbocycles. The van der Waals surface area contributed by atoms with E-state index < -0.39 is 36.7 Å². The van der Waals surface area contributed by atoms with Crippen molar-refractivity contribution in [1.29, 1.82) is 0 Å². The Morgan fingerprint density at radius 3 is 2.23 bits per heavy atom. The SMILES string of the molecule is O=C(O)CC1CCN(C(=O)OCC2c3ccccc3-c3ccccc32)CCC1(F)F. The minimum atomic E-state index is -3.11. The van der Waals surface area contributed by atoms with E-state index in [1.807, 2.05) is 48.5 Å². The van der Waals surface area contributed by atoms with Gasteiger partial charge in [0.2, 0.25) is 0 Å². The number of amides is 1. The molecular formula is C23H23F2NO4. The molecule has 7 heteroatoms. The van der Waals surface area contributed by atoms with Crippen LogP contribution in [0.25, 0.3) is 11.1 Å². The molecule has 1 aliphatic carbocycles. The van der Waals surface area contributed by atoms with Gasteiger partial charge in [-0.1, -0.05) is 48.5 Å². The number of benzene rings is 2. The van der Waals surface area contributed by atoms with E-state index >= 15 is 0 Å². The lowest BCUT2D eigenvalue weighted by molar-refractivity contribution is -0.143. The Balaban J connectivity index is 1.44. The van der Waals surface area contributed by atoms with E-state index in [-0.39, 0.29) is 32.0 Å². The highest BCUT2D eigenvalue weighted by atomic mass is 19.3. The molecule has 4 rings (SSSR count). The second-order valence-electron chi connectivity index (χ2n) is 7.89. The molecule has 1 saturated heterocycles. The number of likely N-dealkylation sites (tertiary alicyclic amines) is 1. The summed E-state index contributed by atoms with van der Waals surface area (Å²) in [5.41, 5.74) is 4.38. The van der Waals surface area contributed by atoms with Gasteiger partial charge in [0.25, 0.3) is 5.92 Å². The Morgan fingerprint density at radius 1 is 1.03 bits per heavy atom. The Hall–Kier alpha value is -2.96. The molecule has 0 bridgehead atoms. The normalized spacial score (nSPS) is 20.2. The summed E-state index contributed by atoms with van der Waals surface area (Å²) < 4.78 is 34.0. The molecule has 1 heterocycles. The van der Waals surface area contributed by atoms with Gasteiger partial charge in [0.05, 0.1) is 6.42 Å². The summed E-state index contributed by atoms with van der Waals surface area (Å²) in [6.45, 7) is 0.0301. The van der Waals surface area contributed by atoms with Crippen LogP contribution in [0.1, 0.15) is 36.3 Å². The van der Waals surface area contributed by atoms with Crippen molar-refractivity contribution in [3.8, 4) is 11.1 Å². The van der Waals surface area contributed by atoms with E-state index in [9.17, 15) is 18.4 Å². The second kappa shape index (κ2) is 8.05. The average molecular weight is 415 g/mol. The lowest BCUT2D eigenvalue weighted by Gasteiger charge is -2.22. The molecule has 30 heavy (non-hydrogen) atoms. The van der Waals surface area contributed by atoms with Gasteiger partial charge in [0.1, 0.15) is 6.61 Å². The number of nitrogens with zero attached hydrogens (tertiary/aromatic N) is 1. The molecule has 158 valence electrons. The van der Waals surface area contributed by atoms with Crippen molar-refractivity contribution in [1.82, 2.24) is 4.90 Å². The number of aliphatic carboxylic acids is 1. The van der Waals surface area contributed by atoms with E-state index in [1.54, 1.807) is 0 Å². The fourth-order valence-corrected chi connectivity index (χ4v) is 4.45. The van der Waals surface area contributed by atoms with Gasteiger partial charge in [-0.15, -0.1) is 0 Å². The minimum Gasteiger partial charge on any atom is -0.481 e. The summed E-state index contributed by atoms with van der Waals surface area (Å²) in [5, 5.41) is 8.89. The number of fused-ring (bicyclic) bond motifs is 3. The van der Waals surface area contributed by atoms with Crippen LogP contribution in [0.15, 0.2) is 48.5 Å². The summed E-state index contributed by atoms with van der Waals surface area (Å²) in [7, 11) is 0. The van der Waals surface area contributed by atoms with Crippen molar-refractivity contribution in [2.75, 3.05) is 19.7 Å². The maximum atomic E-state index is 14.2. The third kappa shape index (κ3) is 3.88. The largest absolute Gasteiger partial charge is 0.481 e. The Kier molecular flexibility index (Phi) is 5.45. The van der Waals surface area contributed by atoms with Crippen LogP contribution in [0.2, 0.25) is 0 Å². The van der Waals surface area contributed by atoms with Crippen LogP contribution in [0.3, 0.4) is 0 Å². The molecular weight excluding hydrogens is 392 g/mol. The van der Waals surface area contributed by atoms with Crippen molar-refractivity contribution >= 4 is 12.1 Å². The molecule has 0 spiro atoms. The first-order chi connectivity index (χ1) is 14.4. The molecule has 1 N–H and O–H groups in total. The molecule has 1 amide bonds. The smallest absolute Gasteiger partial charge is 0.409 e. The number of hydrogen-bond donors (Lipinski definition) is 1. The van der Waals surface area contributed by atoms with Crippen molar-refractivity contribution in [2.24, 2.45) is 5.92 Å². The molecule has 2 aliphatic rings. The van der Waals surface area contributed by atoms with E-state index in [2.05, 4.69) is 0 Å². The number of carbonyl (C=O) groups is 2. The van der Waals surface area contributed by atoms with Gasteiger partial charge < -0.3 is 14.7 Å². The van der Waals surface area contributed by atoms with Crippen LogP contribution < -0.4 is 0 Å². The number of ether oxygens (including phenoxy) is 1. The molecule has 0 aromatic heterocycles. The average Bonchev–Trinajstić information content (AvgIpc) is 2.96. The van der Waals surface area contributed by atoms with Crippen LogP contribution in [0, 0.1) is 5.92 Å². The van der Waals surface area contributed by atoms with E-state index in [0.29, 0.717) is 0 Å². The zero-order valence-corrected chi connectivity index (χ0v) is 16.4. The zero-order chi connectivity index (χ0) is 21.3. The van der Waals surface area contributed by atoms with Gasteiger partial charge in [-0.25, -0.2) is 13.6 Å². The zero-order valence-electron chi connectivity index (χ0n) is 16.4. The molecule has 1 atom stereocenters. The molecule has 1 fully saturated rings. The maximum absolute atomic E-state index is 14.2. The van der Waals surface area contributed by atoms with Gasteiger partial charge >= 0.3 is 12.1 Å². The van der Waals surface area contributed by atoms with Gasteiger partial charge in [-0.05, 0) is 28.7 Å². The minimum absolute atomic E-state index is 0.0597. The Bertz CT molecular complexity index is 916. The summed E-state index contributed by atoms with van der Waals surface area (Å²) in [4.78, 5) is 24.8. The third-order valence-electron chi connectivity index (χ3n) is 6.08. The van der Waals surface area contributed by atoms with Gasteiger partial charge in [0.15, 0.2) is 0 Å². The first-order valence-corrected chi connectivity index (χ1v) is 10.1. The summed E-state index contributed by atoms with van der Waals surface area (Å²) in [6, 6.07) is 15.9. The highest BCUT2D eigenvalue weighted by Crippen LogP contribution is 2.44. The molecule has 1 aliphatic heterocycles. The van der Waals surface area contributed by atoms with E-state index in [1.165, 1.54) is 4.90 Å². The number of carbonyl (C=O) groups excluding carboxylic acids is 1. The number of halogens is 2. The predicted octanol–water partition coefficient (Wildman–Crippen LogP) is 4.76. The highest BCUT2D eigenvalue weighted by molar-refractivity contribution is 5.79. The van der Waals surface area contributed by atoms with Gasteiger partial charge in [-0.3, -0.25) is 4.79 Å². The van der Waals surface area contributed by atoms with Crippen molar-refractivity contribution in [2.45, 2.75) is 31.1 Å². The lowest BCUT2D eigenvalue weighted by atomic mass is 9.93. The second-order valence-corrected chi connectivity index (χ2v) is 7.89. The summed E-state index contributed by atoms with van der Waals surface area (Å²) in [6.07, 6.45) is -1.87. The van der Waals surface area contributed by atoms with Crippen LogP contribution in [0.4, 0.5) is 13.6 Å². The number of carboxylic acid groups (broad SMARTS) is 1. The van der Waals surface area contributed by atoms with Gasteiger partial charge in [0, 0.05) is 31.3 Å². The van der Waals surface area contributed by atoms with Gasteiger partial charge in [-0.2, -0.15) is 0 Å².